The molecule has 1 saturated carbocycles. The Morgan fingerprint density at radius 2 is 2.11 bits per heavy atom. The van der Waals surface area contributed by atoms with E-state index in [2.05, 4.69) is 21.5 Å². The molecule has 3 rings (SSSR count). The lowest BCUT2D eigenvalue weighted by Crippen LogP contribution is -2.28. The van der Waals surface area contributed by atoms with Crippen LogP contribution < -0.4 is 0 Å². The van der Waals surface area contributed by atoms with Crippen LogP contribution in [-0.4, -0.2) is 14.5 Å². The molecule has 2 aromatic heterocycles. The zero-order chi connectivity index (χ0) is 12.8. The SMILES string of the molecule is CC(Cl)c1nc2cccnc2n1C1(C)CCCC1. The molecule has 96 valence electrons. The molecule has 18 heavy (non-hydrogen) atoms. The smallest absolute Gasteiger partial charge is 0.160 e. The number of aromatic nitrogens is 3. The molecule has 1 unspecified atom stereocenters. The summed E-state index contributed by atoms with van der Waals surface area (Å²) in [5.74, 6) is 0.953. The first-order chi connectivity index (χ1) is 8.62. The van der Waals surface area contributed by atoms with Gasteiger partial charge < -0.3 is 4.57 Å². The third-order valence-electron chi connectivity index (χ3n) is 4.02. The first-order valence-corrected chi connectivity index (χ1v) is 7.03. The predicted molar refractivity (Wildman–Crippen MR) is 73.9 cm³/mol. The lowest BCUT2D eigenvalue weighted by Gasteiger charge is -2.28. The molecule has 0 aliphatic heterocycles. The van der Waals surface area contributed by atoms with Gasteiger partial charge in [-0.25, -0.2) is 9.97 Å². The summed E-state index contributed by atoms with van der Waals surface area (Å²) in [5.41, 5.74) is 2.05. The molecule has 1 aliphatic rings. The molecular weight excluding hydrogens is 246 g/mol. The molecule has 1 fully saturated rings. The first-order valence-electron chi connectivity index (χ1n) is 6.60. The number of fused-ring (bicyclic) bond motifs is 1. The fraction of sp³-hybridized carbons (Fsp3) is 0.571. The van der Waals surface area contributed by atoms with E-state index in [4.69, 9.17) is 11.6 Å². The quantitative estimate of drug-likeness (QED) is 0.766. The number of alkyl halides is 1. The Morgan fingerprint density at radius 3 is 2.78 bits per heavy atom. The second-order valence-electron chi connectivity index (χ2n) is 5.47. The van der Waals surface area contributed by atoms with Crippen LogP contribution >= 0.6 is 11.6 Å². The molecule has 2 heterocycles. The molecule has 1 aliphatic carbocycles. The van der Waals surface area contributed by atoms with E-state index in [1.807, 2.05) is 25.3 Å². The van der Waals surface area contributed by atoms with Gasteiger partial charge in [-0.2, -0.15) is 0 Å². The van der Waals surface area contributed by atoms with E-state index in [1.165, 1.54) is 25.7 Å². The van der Waals surface area contributed by atoms with E-state index in [0.717, 1.165) is 17.0 Å². The minimum atomic E-state index is -0.0865. The molecule has 0 bridgehead atoms. The normalized spacial score (nSPS) is 20.4. The highest BCUT2D eigenvalue weighted by atomic mass is 35.5. The van der Waals surface area contributed by atoms with Gasteiger partial charge in [0.25, 0.3) is 0 Å². The third-order valence-corrected chi connectivity index (χ3v) is 4.21. The van der Waals surface area contributed by atoms with Gasteiger partial charge in [-0.05, 0) is 38.8 Å². The number of hydrogen-bond donors (Lipinski definition) is 0. The lowest BCUT2D eigenvalue weighted by atomic mass is 10.00. The molecule has 0 spiro atoms. The molecule has 0 N–H and O–H groups in total. The van der Waals surface area contributed by atoms with Crippen LogP contribution in [0.2, 0.25) is 0 Å². The highest BCUT2D eigenvalue weighted by Gasteiger charge is 2.35. The monoisotopic (exact) mass is 263 g/mol. The second kappa shape index (κ2) is 4.23. The van der Waals surface area contributed by atoms with Crippen molar-refractivity contribution >= 4 is 22.8 Å². The predicted octanol–water partition coefficient (Wildman–Crippen LogP) is 4.02. The summed E-state index contributed by atoms with van der Waals surface area (Å²) < 4.78 is 2.28. The van der Waals surface area contributed by atoms with Crippen molar-refractivity contribution in [2.75, 3.05) is 0 Å². The number of halogens is 1. The average Bonchev–Trinajstić information content (AvgIpc) is 2.93. The fourth-order valence-corrected chi connectivity index (χ4v) is 3.24. The van der Waals surface area contributed by atoms with Crippen molar-refractivity contribution < 1.29 is 0 Å². The maximum absolute atomic E-state index is 6.31. The van der Waals surface area contributed by atoms with Crippen molar-refractivity contribution in [2.45, 2.75) is 50.4 Å². The minimum Gasteiger partial charge on any atom is -0.306 e. The van der Waals surface area contributed by atoms with E-state index in [0.29, 0.717) is 0 Å². The summed E-state index contributed by atoms with van der Waals surface area (Å²) in [7, 11) is 0. The van der Waals surface area contributed by atoms with Crippen LogP contribution in [0.15, 0.2) is 18.3 Å². The van der Waals surface area contributed by atoms with Gasteiger partial charge in [0, 0.05) is 11.7 Å². The lowest BCUT2D eigenvalue weighted by molar-refractivity contribution is 0.326. The molecule has 2 aromatic rings. The number of pyridine rings is 1. The largest absolute Gasteiger partial charge is 0.306 e. The van der Waals surface area contributed by atoms with E-state index < -0.39 is 0 Å². The molecule has 4 heteroatoms. The molecule has 3 nitrogen and oxygen atoms in total. The Balaban J connectivity index is 2.27. The van der Waals surface area contributed by atoms with Gasteiger partial charge in [0.15, 0.2) is 5.65 Å². The number of nitrogens with zero attached hydrogens (tertiary/aromatic N) is 3. The molecule has 0 radical (unpaired) electrons. The van der Waals surface area contributed by atoms with Crippen LogP contribution in [0.4, 0.5) is 0 Å². The van der Waals surface area contributed by atoms with Crippen LogP contribution in [0, 0.1) is 0 Å². The van der Waals surface area contributed by atoms with Crippen molar-refractivity contribution in [1.29, 1.82) is 0 Å². The van der Waals surface area contributed by atoms with E-state index >= 15 is 0 Å². The van der Waals surface area contributed by atoms with Crippen LogP contribution in [0.25, 0.3) is 11.2 Å². The van der Waals surface area contributed by atoms with E-state index in [9.17, 15) is 0 Å². The summed E-state index contributed by atoms with van der Waals surface area (Å²) >= 11 is 6.31. The van der Waals surface area contributed by atoms with Gasteiger partial charge in [0.1, 0.15) is 11.3 Å². The van der Waals surface area contributed by atoms with E-state index in [-0.39, 0.29) is 10.9 Å². The van der Waals surface area contributed by atoms with Gasteiger partial charge in [-0.3, -0.25) is 0 Å². The fourth-order valence-electron chi connectivity index (χ4n) is 3.09. The molecule has 0 aromatic carbocycles. The van der Waals surface area contributed by atoms with Crippen molar-refractivity contribution in [3.63, 3.8) is 0 Å². The Bertz CT molecular complexity index is 567. The van der Waals surface area contributed by atoms with Crippen LogP contribution in [0.5, 0.6) is 0 Å². The van der Waals surface area contributed by atoms with Crippen molar-refractivity contribution in [2.24, 2.45) is 0 Å². The summed E-state index contributed by atoms with van der Waals surface area (Å²) in [6.07, 6.45) is 6.76. The van der Waals surface area contributed by atoms with E-state index in [1.54, 1.807) is 0 Å². The van der Waals surface area contributed by atoms with Crippen molar-refractivity contribution in [3.05, 3.63) is 24.2 Å². The van der Waals surface area contributed by atoms with Crippen LogP contribution in [-0.2, 0) is 5.54 Å². The average molecular weight is 264 g/mol. The maximum atomic E-state index is 6.31. The standard InChI is InChI=1S/C14H18ClN3/c1-10(15)12-17-11-6-5-9-16-13(11)18(12)14(2)7-3-4-8-14/h5-6,9-10H,3-4,7-8H2,1-2H3. The second-order valence-corrected chi connectivity index (χ2v) is 6.13. The zero-order valence-corrected chi connectivity index (χ0v) is 11.6. The Morgan fingerprint density at radius 1 is 1.39 bits per heavy atom. The van der Waals surface area contributed by atoms with Gasteiger partial charge in [-0.15, -0.1) is 11.6 Å². The summed E-state index contributed by atoms with van der Waals surface area (Å²) in [6, 6.07) is 3.94. The number of hydrogen-bond acceptors (Lipinski definition) is 2. The first kappa shape index (κ1) is 12.0. The summed E-state index contributed by atoms with van der Waals surface area (Å²) in [5, 5.41) is -0.0865. The molecule has 0 amide bonds. The highest BCUT2D eigenvalue weighted by molar-refractivity contribution is 6.20. The van der Waals surface area contributed by atoms with Crippen molar-refractivity contribution in [1.82, 2.24) is 14.5 Å². The highest BCUT2D eigenvalue weighted by Crippen LogP contribution is 2.40. The minimum absolute atomic E-state index is 0.0865. The van der Waals surface area contributed by atoms with Gasteiger partial charge in [0.2, 0.25) is 0 Å². The number of imidazole rings is 1. The Hall–Kier alpha value is -1.09. The topological polar surface area (TPSA) is 30.7 Å². The molecule has 1 atom stereocenters. The van der Waals surface area contributed by atoms with Gasteiger partial charge in [-0.1, -0.05) is 12.8 Å². The number of rotatable bonds is 2. The van der Waals surface area contributed by atoms with Crippen LogP contribution in [0.1, 0.15) is 50.7 Å². The molecular formula is C14H18ClN3. The van der Waals surface area contributed by atoms with Crippen LogP contribution in [0.3, 0.4) is 0 Å². The Kier molecular flexibility index (Phi) is 2.81. The zero-order valence-electron chi connectivity index (χ0n) is 10.9. The third kappa shape index (κ3) is 1.72. The van der Waals surface area contributed by atoms with Gasteiger partial charge in [0.05, 0.1) is 5.38 Å². The van der Waals surface area contributed by atoms with Crippen molar-refractivity contribution in [3.8, 4) is 0 Å². The van der Waals surface area contributed by atoms with Gasteiger partial charge >= 0.3 is 0 Å². The summed E-state index contributed by atoms with van der Waals surface area (Å²) in [4.78, 5) is 9.19. The molecule has 0 saturated heterocycles. The maximum Gasteiger partial charge on any atom is 0.160 e. The summed E-state index contributed by atoms with van der Waals surface area (Å²) in [6.45, 7) is 4.29. The Labute approximate surface area is 112 Å².